The molecule has 0 aromatic carbocycles. The molecule has 7 heteroatoms. The van der Waals surface area contributed by atoms with Crippen molar-refractivity contribution in [1.82, 2.24) is 20.0 Å². The zero-order chi connectivity index (χ0) is 18.8. The molecule has 0 amide bonds. The van der Waals surface area contributed by atoms with Gasteiger partial charge in [0.25, 0.3) is 0 Å². The molecule has 0 aromatic rings. The third-order valence-corrected chi connectivity index (χ3v) is 5.40. The highest BCUT2D eigenvalue weighted by Crippen LogP contribution is 2.18. The Morgan fingerprint density at radius 1 is 1.12 bits per heavy atom. The molecule has 2 aliphatic heterocycles. The molecule has 0 aromatic heterocycles. The average Bonchev–Trinajstić information content (AvgIpc) is 2.68. The van der Waals surface area contributed by atoms with Crippen LogP contribution >= 0.6 is 0 Å². The second-order valence-electron chi connectivity index (χ2n) is 7.37. The van der Waals surface area contributed by atoms with E-state index in [-0.39, 0.29) is 11.9 Å². The van der Waals surface area contributed by atoms with Gasteiger partial charge < -0.3 is 24.8 Å². The second kappa shape index (κ2) is 11.4. The Balaban J connectivity index is 1.68. The topological polar surface area (TPSA) is 60.4 Å². The van der Waals surface area contributed by atoms with Gasteiger partial charge in [-0.1, -0.05) is 0 Å². The Morgan fingerprint density at radius 3 is 2.42 bits per heavy atom. The van der Waals surface area contributed by atoms with Crippen LogP contribution in [0.1, 0.15) is 32.6 Å². The van der Waals surface area contributed by atoms with Crippen LogP contribution in [0.2, 0.25) is 0 Å². The first-order valence-electron chi connectivity index (χ1n) is 10.2. The lowest BCUT2D eigenvalue weighted by Crippen LogP contribution is -2.46. The number of nitrogens with one attached hydrogen (secondary N) is 1. The zero-order valence-electron chi connectivity index (χ0n) is 16.9. The van der Waals surface area contributed by atoms with Gasteiger partial charge in [0.1, 0.15) is 0 Å². The van der Waals surface area contributed by atoms with Gasteiger partial charge >= 0.3 is 5.97 Å². The van der Waals surface area contributed by atoms with Crippen molar-refractivity contribution in [3.8, 4) is 0 Å². The van der Waals surface area contributed by atoms with Crippen molar-refractivity contribution in [1.29, 1.82) is 0 Å². The smallest absolute Gasteiger partial charge is 0.308 e. The van der Waals surface area contributed by atoms with Crippen LogP contribution < -0.4 is 5.32 Å². The molecule has 150 valence electrons. The number of ether oxygens (including phenoxy) is 1. The summed E-state index contributed by atoms with van der Waals surface area (Å²) >= 11 is 0. The lowest BCUT2D eigenvalue weighted by molar-refractivity contribution is -0.146. The highest BCUT2D eigenvalue weighted by molar-refractivity contribution is 5.80. The molecule has 2 rings (SSSR count). The SMILES string of the molecule is CCNC(=NCCCCN1CCN(C)CC1)N1CCC(C(=O)OC)CC1. The van der Waals surface area contributed by atoms with Gasteiger partial charge in [-0.15, -0.1) is 0 Å². The number of piperazine rings is 1. The molecule has 0 spiro atoms. The number of carbonyl (C=O) groups is 1. The quantitative estimate of drug-likeness (QED) is 0.312. The first-order valence-corrected chi connectivity index (χ1v) is 10.2. The number of likely N-dealkylation sites (N-methyl/N-ethyl adjacent to an activating group) is 1. The maximum absolute atomic E-state index is 11.7. The number of unbranched alkanes of at least 4 members (excludes halogenated alkanes) is 1. The van der Waals surface area contributed by atoms with E-state index in [0.717, 1.165) is 51.4 Å². The number of hydrogen-bond donors (Lipinski definition) is 1. The van der Waals surface area contributed by atoms with E-state index in [2.05, 4.69) is 34.0 Å². The summed E-state index contributed by atoms with van der Waals surface area (Å²) < 4.78 is 4.87. The van der Waals surface area contributed by atoms with Crippen LogP contribution in [-0.4, -0.2) is 99.7 Å². The van der Waals surface area contributed by atoms with Crippen LogP contribution in [-0.2, 0) is 9.53 Å². The van der Waals surface area contributed by atoms with E-state index in [9.17, 15) is 4.79 Å². The van der Waals surface area contributed by atoms with Gasteiger partial charge in [0.05, 0.1) is 13.0 Å². The van der Waals surface area contributed by atoms with Gasteiger partial charge in [0, 0.05) is 52.4 Å². The summed E-state index contributed by atoms with van der Waals surface area (Å²) in [4.78, 5) is 23.7. The Hall–Kier alpha value is -1.34. The van der Waals surface area contributed by atoms with Crippen LogP contribution in [0, 0.1) is 5.92 Å². The van der Waals surface area contributed by atoms with E-state index in [4.69, 9.17) is 9.73 Å². The van der Waals surface area contributed by atoms with E-state index < -0.39 is 0 Å². The van der Waals surface area contributed by atoms with Crippen molar-refractivity contribution in [2.24, 2.45) is 10.9 Å². The fourth-order valence-corrected chi connectivity index (χ4v) is 3.62. The molecule has 1 N–H and O–H groups in total. The van der Waals surface area contributed by atoms with Crippen molar-refractivity contribution in [2.75, 3.05) is 73.1 Å². The van der Waals surface area contributed by atoms with Gasteiger partial charge in [0.15, 0.2) is 5.96 Å². The monoisotopic (exact) mass is 367 g/mol. The van der Waals surface area contributed by atoms with Crippen LogP contribution in [0.5, 0.6) is 0 Å². The number of aliphatic imine (C=N–C) groups is 1. The molecule has 26 heavy (non-hydrogen) atoms. The molecule has 2 fully saturated rings. The van der Waals surface area contributed by atoms with Gasteiger partial charge in [-0.2, -0.15) is 0 Å². The minimum Gasteiger partial charge on any atom is -0.469 e. The summed E-state index contributed by atoms with van der Waals surface area (Å²) in [7, 11) is 3.67. The lowest BCUT2D eigenvalue weighted by atomic mass is 9.97. The van der Waals surface area contributed by atoms with Crippen LogP contribution in [0.3, 0.4) is 0 Å². The molecule has 0 bridgehead atoms. The Labute approximate surface area is 158 Å². The third kappa shape index (κ3) is 6.76. The van der Waals surface area contributed by atoms with Crippen molar-refractivity contribution >= 4 is 11.9 Å². The summed E-state index contributed by atoms with van der Waals surface area (Å²) in [6.07, 6.45) is 4.03. The van der Waals surface area contributed by atoms with Crippen molar-refractivity contribution in [3.63, 3.8) is 0 Å². The van der Waals surface area contributed by atoms with E-state index in [1.165, 1.54) is 46.3 Å². The number of rotatable bonds is 7. The van der Waals surface area contributed by atoms with Crippen molar-refractivity contribution < 1.29 is 9.53 Å². The first-order chi connectivity index (χ1) is 12.6. The van der Waals surface area contributed by atoms with Crippen LogP contribution in [0.15, 0.2) is 4.99 Å². The average molecular weight is 368 g/mol. The minimum absolute atomic E-state index is 0.0442. The minimum atomic E-state index is -0.0736. The molecule has 0 aliphatic carbocycles. The molecule has 2 saturated heterocycles. The Bertz CT molecular complexity index is 441. The normalized spacial score (nSPS) is 21.0. The Kier molecular flexibility index (Phi) is 9.18. The summed E-state index contributed by atoms with van der Waals surface area (Å²) in [5.74, 6) is 0.966. The van der Waals surface area contributed by atoms with Gasteiger partial charge in [-0.3, -0.25) is 9.79 Å². The number of guanidine groups is 1. The molecular formula is C19H37N5O2. The molecule has 0 unspecified atom stereocenters. The summed E-state index contributed by atoms with van der Waals surface area (Å²) in [5, 5.41) is 3.40. The van der Waals surface area contributed by atoms with E-state index >= 15 is 0 Å². The molecule has 2 heterocycles. The molecule has 0 saturated carbocycles. The second-order valence-corrected chi connectivity index (χ2v) is 7.37. The first kappa shape index (κ1) is 21.0. The highest BCUT2D eigenvalue weighted by Gasteiger charge is 2.26. The van der Waals surface area contributed by atoms with Crippen molar-refractivity contribution in [3.05, 3.63) is 0 Å². The summed E-state index contributed by atoms with van der Waals surface area (Å²) in [6, 6.07) is 0. The highest BCUT2D eigenvalue weighted by atomic mass is 16.5. The van der Waals surface area contributed by atoms with E-state index in [1.54, 1.807) is 0 Å². The fourth-order valence-electron chi connectivity index (χ4n) is 3.62. The van der Waals surface area contributed by atoms with E-state index in [1.807, 2.05) is 0 Å². The maximum atomic E-state index is 11.7. The molecular weight excluding hydrogens is 330 g/mol. The lowest BCUT2D eigenvalue weighted by Gasteiger charge is -2.33. The van der Waals surface area contributed by atoms with E-state index in [0.29, 0.717) is 0 Å². The molecule has 7 nitrogen and oxygen atoms in total. The number of hydrogen-bond acceptors (Lipinski definition) is 5. The van der Waals surface area contributed by atoms with Crippen LogP contribution in [0.4, 0.5) is 0 Å². The zero-order valence-corrected chi connectivity index (χ0v) is 16.9. The van der Waals surface area contributed by atoms with Gasteiger partial charge in [-0.05, 0) is 46.2 Å². The maximum Gasteiger partial charge on any atom is 0.308 e. The predicted molar refractivity (Wildman–Crippen MR) is 105 cm³/mol. The largest absolute Gasteiger partial charge is 0.469 e. The van der Waals surface area contributed by atoms with Crippen LogP contribution in [0.25, 0.3) is 0 Å². The fraction of sp³-hybridized carbons (Fsp3) is 0.895. The number of piperidine rings is 1. The summed E-state index contributed by atoms with van der Waals surface area (Å²) in [6.45, 7) is 11.5. The molecule has 0 atom stereocenters. The van der Waals surface area contributed by atoms with Crippen molar-refractivity contribution in [2.45, 2.75) is 32.6 Å². The predicted octanol–water partition coefficient (Wildman–Crippen LogP) is 0.865. The number of likely N-dealkylation sites (tertiary alicyclic amines) is 1. The Morgan fingerprint density at radius 2 is 1.81 bits per heavy atom. The third-order valence-electron chi connectivity index (χ3n) is 5.40. The number of methoxy groups -OCH3 is 1. The number of carbonyl (C=O) groups excluding carboxylic acids is 1. The molecule has 0 radical (unpaired) electrons. The van der Waals surface area contributed by atoms with Gasteiger partial charge in [0.2, 0.25) is 0 Å². The van der Waals surface area contributed by atoms with Gasteiger partial charge in [-0.25, -0.2) is 0 Å². The standard InChI is InChI=1S/C19H37N5O2/c1-4-20-19(24-11-7-17(8-12-24)18(25)26-3)21-9-5-6-10-23-15-13-22(2)14-16-23/h17H,4-16H2,1-3H3,(H,20,21). The number of nitrogens with zero attached hydrogens (tertiary/aromatic N) is 4. The number of esters is 1. The molecule has 2 aliphatic rings. The summed E-state index contributed by atoms with van der Waals surface area (Å²) in [5.41, 5.74) is 0.